The van der Waals surface area contributed by atoms with Gasteiger partial charge in [0.25, 0.3) is 0 Å². The minimum atomic E-state index is 0.484. The highest BCUT2D eigenvalue weighted by molar-refractivity contribution is 4.77. The van der Waals surface area contributed by atoms with Gasteiger partial charge in [0.05, 0.1) is 12.2 Å². The summed E-state index contributed by atoms with van der Waals surface area (Å²) >= 11 is 0. The number of nitrogens with zero attached hydrogens (tertiary/aromatic N) is 1. The van der Waals surface area contributed by atoms with Gasteiger partial charge in [-0.15, -0.1) is 0 Å². The van der Waals surface area contributed by atoms with Gasteiger partial charge in [0.1, 0.15) is 0 Å². The van der Waals surface area contributed by atoms with Crippen LogP contribution in [-0.4, -0.2) is 49.8 Å². The third-order valence-corrected chi connectivity index (χ3v) is 4.30. The van der Waals surface area contributed by atoms with Gasteiger partial charge in [-0.25, -0.2) is 0 Å². The second kappa shape index (κ2) is 7.46. The molecule has 2 fully saturated rings. The lowest BCUT2D eigenvalue weighted by Crippen LogP contribution is -2.40. The monoisotopic (exact) mass is 254 g/mol. The normalized spacial score (nSPS) is 30.2. The maximum absolute atomic E-state index is 5.97. The van der Waals surface area contributed by atoms with Crippen LogP contribution in [0.15, 0.2) is 0 Å². The molecular formula is C15H30N2O. The van der Waals surface area contributed by atoms with Crippen molar-refractivity contribution >= 4 is 0 Å². The van der Waals surface area contributed by atoms with Crippen LogP contribution in [0.3, 0.4) is 0 Å². The van der Waals surface area contributed by atoms with Crippen molar-refractivity contribution in [1.29, 1.82) is 0 Å². The average molecular weight is 254 g/mol. The first-order valence-electron chi connectivity index (χ1n) is 7.86. The lowest BCUT2D eigenvalue weighted by atomic mass is 9.97. The standard InChI is InChI=1S/C15H30N2O/c1-3-10-17(11-14-6-8-16-9-7-14)12-15-5-4-13(2)18-15/h13-16H,3-12H2,1-2H3. The number of nitrogens with one attached hydrogen (secondary N) is 1. The molecule has 0 amide bonds. The summed E-state index contributed by atoms with van der Waals surface area (Å²) in [4.78, 5) is 2.65. The van der Waals surface area contributed by atoms with Gasteiger partial charge in [0.2, 0.25) is 0 Å². The van der Waals surface area contributed by atoms with Crippen molar-refractivity contribution < 1.29 is 4.74 Å². The Morgan fingerprint density at radius 3 is 2.50 bits per heavy atom. The zero-order valence-corrected chi connectivity index (χ0v) is 12.2. The van der Waals surface area contributed by atoms with Gasteiger partial charge in [-0.05, 0) is 64.6 Å². The van der Waals surface area contributed by atoms with Crippen molar-refractivity contribution in [3.8, 4) is 0 Å². The van der Waals surface area contributed by atoms with Crippen molar-refractivity contribution in [2.75, 3.05) is 32.7 Å². The van der Waals surface area contributed by atoms with Crippen molar-refractivity contribution in [3.63, 3.8) is 0 Å². The van der Waals surface area contributed by atoms with Gasteiger partial charge in [-0.1, -0.05) is 6.92 Å². The van der Waals surface area contributed by atoms with Crippen LogP contribution in [0.5, 0.6) is 0 Å². The first kappa shape index (κ1) is 14.3. The molecule has 0 aliphatic carbocycles. The highest BCUT2D eigenvalue weighted by atomic mass is 16.5. The molecule has 106 valence electrons. The van der Waals surface area contributed by atoms with Gasteiger partial charge in [0, 0.05) is 13.1 Å². The molecule has 2 atom stereocenters. The van der Waals surface area contributed by atoms with Crippen LogP contribution < -0.4 is 5.32 Å². The SMILES string of the molecule is CCCN(CC1CCNCC1)CC1CCC(C)O1. The van der Waals surface area contributed by atoms with Gasteiger partial charge in [-0.3, -0.25) is 0 Å². The van der Waals surface area contributed by atoms with Crippen LogP contribution in [0.2, 0.25) is 0 Å². The molecule has 0 radical (unpaired) electrons. The molecule has 2 rings (SSSR count). The smallest absolute Gasteiger partial charge is 0.0706 e. The molecule has 0 aromatic carbocycles. The molecule has 0 aromatic rings. The molecule has 0 saturated carbocycles. The highest BCUT2D eigenvalue weighted by Gasteiger charge is 2.25. The number of ether oxygens (including phenoxy) is 1. The predicted molar refractivity (Wildman–Crippen MR) is 75.9 cm³/mol. The van der Waals surface area contributed by atoms with Crippen LogP contribution in [-0.2, 0) is 4.74 Å². The Morgan fingerprint density at radius 1 is 1.11 bits per heavy atom. The molecule has 2 aliphatic rings. The van der Waals surface area contributed by atoms with E-state index < -0.39 is 0 Å². The Balaban J connectivity index is 1.75. The van der Waals surface area contributed by atoms with E-state index in [2.05, 4.69) is 24.1 Å². The topological polar surface area (TPSA) is 24.5 Å². The highest BCUT2D eigenvalue weighted by Crippen LogP contribution is 2.21. The summed E-state index contributed by atoms with van der Waals surface area (Å²) in [5.74, 6) is 0.900. The number of hydrogen-bond donors (Lipinski definition) is 1. The molecule has 2 unspecified atom stereocenters. The third-order valence-electron chi connectivity index (χ3n) is 4.30. The molecule has 1 N–H and O–H groups in total. The predicted octanol–water partition coefficient (Wildman–Crippen LogP) is 2.27. The summed E-state index contributed by atoms with van der Waals surface area (Å²) < 4.78 is 5.97. The maximum Gasteiger partial charge on any atom is 0.0706 e. The largest absolute Gasteiger partial charge is 0.374 e. The van der Waals surface area contributed by atoms with E-state index in [-0.39, 0.29) is 0 Å². The van der Waals surface area contributed by atoms with Gasteiger partial charge in [-0.2, -0.15) is 0 Å². The van der Waals surface area contributed by atoms with Crippen LogP contribution in [0, 0.1) is 5.92 Å². The Labute approximate surface area is 112 Å². The summed E-state index contributed by atoms with van der Waals surface area (Å²) in [5.41, 5.74) is 0. The van der Waals surface area contributed by atoms with Crippen LogP contribution in [0.4, 0.5) is 0 Å². The average Bonchev–Trinajstić information content (AvgIpc) is 2.76. The zero-order chi connectivity index (χ0) is 12.8. The maximum atomic E-state index is 5.97. The summed E-state index contributed by atoms with van der Waals surface area (Å²) in [5, 5.41) is 3.46. The third kappa shape index (κ3) is 4.52. The summed E-state index contributed by atoms with van der Waals surface area (Å²) in [6.45, 7) is 10.6. The second-order valence-electron chi connectivity index (χ2n) is 6.10. The molecule has 3 heteroatoms. The van der Waals surface area contributed by atoms with Gasteiger partial charge in [0.15, 0.2) is 0 Å². The molecule has 0 bridgehead atoms. The van der Waals surface area contributed by atoms with Crippen LogP contribution in [0.25, 0.3) is 0 Å². The molecular weight excluding hydrogens is 224 g/mol. The fourth-order valence-electron chi connectivity index (χ4n) is 3.31. The zero-order valence-electron chi connectivity index (χ0n) is 12.2. The quantitative estimate of drug-likeness (QED) is 0.787. The summed E-state index contributed by atoms with van der Waals surface area (Å²) in [7, 11) is 0. The van der Waals surface area contributed by atoms with E-state index in [1.807, 2.05) is 0 Å². The van der Waals surface area contributed by atoms with Crippen molar-refractivity contribution in [1.82, 2.24) is 10.2 Å². The minimum absolute atomic E-state index is 0.484. The Morgan fingerprint density at radius 2 is 1.89 bits per heavy atom. The minimum Gasteiger partial charge on any atom is -0.374 e. The van der Waals surface area contributed by atoms with E-state index in [9.17, 15) is 0 Å². The van der Waals surface area contributed by atoms with Crippen molar-refractivity contribution in [2.24, 2.45) is 5.92 Å². The molecule has 3 nitrogen and oxygen atoms in total. The van der Waals surface area contributed by atoms with E-state index in [1.54, 1.807) is 0 Å². The molecule has 2 saturated heterocycles. The first-order valence-corrected chi connectivity index (χ1v) is 7.86. The number of hydrogen-bond acceptors (Lipinski definition) is 3. The van der Waals surface area contributed by atoms with Gasteiger partial charge >= 0.3 is 0 Å². The fraction of sp³-hybridized carbons (Fsp3) is 1.00. The molecule has 0 aromatic heterocycles. The number of rotatable bonds is 6. The van der Waals surface area contributed by atoms with E-state index >= 15 is 0 Å². The Kier molecular flexibility index (Phi) is 5.93. The summed E-state index contributed by atoms with van der Waals surface area (Å²) in [6, 6.07) is 0. The molecule has 2 aliphatic heterocycles. The molecule has 18 heavy (non-hydrogen) atoms. The van der Waals surface area contributed by atoms with Crippen LogP contribution >= 0.6 is 0 Å². The fourth-order valence-corrected chi connectivity index (χ4v) is 3.31. The van der Waals surface area contributed by atoms with E-state index in [4.69, 9.17) is 4.74 Å². The van der Waals surface area contributed by atoms with Crippen molar-refractivity contribution in [2.45, 2.75) is 58.2 Å². The van der Waals surface area contributed by atoms with Gasteiger partial charge < -0.3 is 15.0 Å². The molecule has 0 spiro atoms. The first-order chi connectivity index (χ1) is 8.78. The van der Waals surface area contributed by atoms with Crippen molar-refractivity contribution in [3.05, 3.63) is 0 Å². The lowest BCUT2D eigenvalue weighted by Gasteiger charge is -2.31. The Hall–Kier alpha value is -0.120. The van der Waals surface area contributed by atoms with E-state index in [0.717, 1.165) is 12.5 Å². The summed E-state index contributed by atoms with van der Waals surface area (Å²) in [6.07, 6.45) is 7.44. The molecule has 2 heterocycles. The number of piperidine rings is 1. The van der Waals surface area contributed by atoms with E-state index in [0.29, 0.717) is 12.2 Å². The Bertz CT molecular complexity index is 222. The van der Waals surface area contributed by atoms with Crippen LogP contribution in [0.1, 0.15) is 46.0 Å². The second-order valence-corrected chi connectivity index (χ2v) is 6.10. The van der Waals surface area contributed by atoms with E-state index in [1.165, 1.54) is 58.3 Å². The lowest BCUT2D eigenvalue weighted by molar-refractivity contribution is 0.0271.